The molecule has 0 bridgehead atoms. The molecule has 0 saturated carbocycles. The van der Waals surface area contributed by atoms with Gasteiger partial charge in [0.25, 0.3) is 5.96 Å². The Kier molecular flexibility index (Phi) is 3.43. The lowest BCUT2D eigenvalue weighted by atomic mass is 10.5. The highest BCUT2D eigenvalue weighted by Crippen LogP contribution is 2.21. The molecule has 2 rings (SSSR count). The SMILES string of the molecule is CN1CCN(Cc2cnc(Cl)s2)C1=N[N+](=O)[O-]. The second kappa shape index (κ2) is 4.84. The maximum absolute atomic E-state index is 10.4. The molecular weight excluding hydrogens is 266 g/mol. The van der Waals surface area contributed by atoms with Crippen molar-refractivity contribution in [2.75, 3.05) is 20.1 Å². The van der Waals surface area contributed by atoms with Gasteiger partial charge in [0.2, 0.25) is 0 Å². The van der Waals surface area contributed by atoms with E-state index in [0.29, 0.717) is 23.5 Å². The summed E-state index contributed by atoms with van der Waals surface area (Å²) in [4.78, 5) is 18.9. The van der Waals surface area contributed by atoms with Crippen molar-refractivity contribution in [2.45, 2.75) is 6.54 Å². The number of nitrogens with zero attached hydrogens (tertiary/aromatic N) is 5. The Morgan fingerprint density at radius 3 is 3.06 bits per heavy atom. The zero-order valence-corrected chi connectivity index (χ0v) is 10.6. The van der Waals surface area contributed by atoms with Crippen LogP contribution in [0.2, 0.25) is 4.47 Å². The standard InChI is InChI=1S/C8H10ClN5O2S/c1-12-2-3-13(8(12)11-14(15)16)5-6-4-10-7(9)17-6/h4H,2-3,5H2,1H3. The third-order valence-corrected chi connectivity index (χ3v) is 3.47. The summed E-state index contributed by atoms with van der Waals surface area (Å²) < 4.78 is 0.473. The first-order chi connectivity index (χ1) is 8.06. The molecule has 1 saturated heterocycles. The van der Waals surface area contributed by atoms with Crippen LogP contribution in [-0.4, -0.2) is 45.9 Å². The van der Waals surface area contributed by atoms with E-state index in [0.717, 1.165) is 11.4 Å². The first-order valence-corrected chi connectivity index (χ1v) is 6.05. The molecule has 0 atom stereocenters. The van der Waals surface area contributed by atoms with Gasteiger partial charge in [-0.3, -0.25) is 0 Å². The summed E-state index contributed by atoms with van der Waals surface area (Å²) in [7, 11) is 1.78. The maximum atomic E-state index is 10.4. The molecule has 1 aliphatic rings. The Morgan fingerprint density at radius 1 is 1.71 bits per heavy atom. The van der Waals surface area contributed by atoms with Crippen LogP contribution in [0, 0.1) is 10.1 Å². The Hall–Kier alpha value is -1.41. The second-order valence-corrected chi connectivity index (χ2v) is 5.26. The summed E-state index contributed by atoms with van der Waals surface area (Å²) in [6.45, 7) is 1.97. The predicted molar refractivity (Wildman–Crippen MR) is 64.6 cm³/mol. The highest BCUT2D eigenvalue weighted by atomic mass is 35.5. The van der Waals surface area contributed by atoms with Gasteiger partial charge in [0.1, 0.15) is 5.10 Å². The zero-order valence-electron chi connectivity index (χ0n) is 9.04. The number of guanidine groups is 1. The molecule has 0 aromatic carbocycles. The van der Waals surface area contributed by atoms with Crippen molar-refractivity contribution < 1.29 is 5.03 Å². The van der Waals surface area contributed by atoms with E-state index in [2.05, 4.69) is 10.1 Å². The molecule has 1 fully saturated rings. The lowest BCUT2D eigenvalue weighted by Gasteiger charge is -2.16. The van der Waals surface area contributed by atoms with Gasteiger partial charge in [-0.2, -0.15) is 0 Å². The molecule has 1 aliphatic heterocycles. The Bertz CT molecular complexity index is 463. The van der Waals surface area contributed by atoms with Crippen LogP contribution in [0.15, 0.2) is 11.3 Å². The van der Waals surface area contributed by atoms with E-state index in [1.54, 1.807) is 18.1 Å². The second-order valence-electron chi connectivity index (χ2n) is 3.56. The van der Waals surface area contributed by atoms with E-state index >= 15 is 0 Å². The van der Waals surface area contributed by atoms with E-state index < -0.39 is 5.03 Å². The number of hydrogen-bond acceptors (Lipinski definition) is 4. The van der Waals surface area contributed by atoms with Crippen molar-refractivity contribution in [3.63, 3.8) is 0 Å². The fraction of sp³-hybridized carbons (Fsp3) is 0.500. The largest absolute Gasteiger partial charge is 0.339 e. The first kappa shape index (κ1) is 12.1. The number of hydrogen-bond donors (Lipinski definition) is 0. The summed E-state index contributed by atoms with van der Waals surface area (Å²) in [5, 5.41) is 13.1. The molecule has 92 valence electrons. The van der Waals surface area contributed by atoms with Crippen LogP contribution in [0.1, 0.15) is 4.88 Å². The van der Waals surface area contributed by atoms with Gasteiger partial charge in [0.05, 0.1) is 6.54 Å². The number of thiazole rings is 1. The van der Waals surface area contributed by atoms with Crippen LogP contribution in [0.5, 0.6) is 0 Å². The van der Waals surface area contributed by atoms with Crippen molar-refractivity contribution >= 4 is 28.9 Å². The number of hydrazone groups is 1. The van der Waals surface area contributed by atoms with Gasteiger partial charge >= 0.3 is 0 Å². The minimum absolute atomic E-state index is 0.375. The van der Waals surface area contributed by atoms with Crippen molar-refractivity contribution in [3.05, 3.63) is 25.7 Å². The maximum Gasteiger partial charge on any atom is 0.274 e. The lowest BCUT2D eigenvalue weighted by Crippen LogP contribution is -2.31. The average Bonchev–Trinajstić information content (AvgIpc) is 2.78. The Labute approximate surface area is 106 Å². The molecular formula is C8H10ClN5O2S. The average molecular weight is 276 g/mol. The van der Waals surface area contributed by atoms with Crippen LogP contribution < -0.4 is 0 Å². The van der Waals surface area contributed by atoms with Gasteiger partial charge in [-0.25, -0.2) is 15.1 Å². The van der Waals surface area contributed by atoms with Crippen LogP contribution >= 0.6 is 22.9 Å². The monoisotopic (exact) mass is 275 g/mol. The van der Waals surface area contributed by atoms with E-state index in [-0.39, 0.29) is 0 Å². The molecule has 0 aliphatic carbocycles. The molecule has 0 unspecified atom stereocenters. The molecule has 1 aromatic heterocycles. The molecule has 2 heterocycles. The van der Waals surface area contributed by atoms with Crippen molar-refractivity contribution in [3.8, 4) is 0 Å². The highest BCUT2D eigenvalue weighted by molar-refractivity contribution is 7.15. The van der Waals surface area contributed by atoms with Crippen LogP contribution in [0.3, 0.4) is 0 Å². The van der Waals surface area contributed by atoms with Crippen LogP contribution in [-0.2, 0) is 6.54 Å². The van der Waals surface area contributed by atoms with Gasteiger partial charge < -0.3 is 9.80 Å². The molecule has 7 nitrogen and oxygen atoms in total. The normalized spacial score (nSPS) is 18.1. The fourth-order valence-corrected chi connectivity index (χ4v) is 2.61. The quantitative estimate of drug-likeness (QED) is 0.610. The summed E-state index contributed by atoms with van der Waals surface area (Å²) >= 11 is 7.10. The van der Waals surface area contributed by atoms with E-state index in [4.69, 9.17) is 11.6 Å². The Morgan fingerprint density at radius 2 is 2.47 bits per heavy atom. The van der Waals surface area contributed by atoms with E-state index in [1.165, 1.54) is 11.3 Å². The lowest BCUT2D eigenvalue weighted by molar-refractivity contribution is -0.486. The number of likely N-dealkylation sites (N-methyl/N-ethyl adjacent to an activating group) is 1. The molecule has 17 heavy (non-hydrogen) atoms. The minimum atomic E-state index is -0.677. The van der Waals surface area contributed by atoms with Crippen LogP contribution in [0.4, 0.5) is 0 Å². The topological polar surface area (TPSA) is 74.9 Å². The molecule has 9 heteroatoms. The van der Waals surface area contributed by atoms with Crippen molar-refractivity contribution in [1.82, 2.24) is 14.8 Å². The van der Waals surface area contributed by atoms with E-state index in [9.17, 15) is 10.1 Å². The molecule has 1 aromatic rings. The molecule has 0 N–H and O–H groups in total. The van der Waals surface area contributed by atoms with Crippen molar-refractivity contribution in [1.29, 1.82) is 0 Å². The smallest absolute Gasteiger partial charge is 0.274 e. The van der Waals surface area contributed by atoms with E-state index in [1.807, 2.05) is 4.90 Å². The summed E-state index contributed by atoms with van der Waals surface area (Å²) in [6, 6.07) is 0. The van der Waals surface area contributed by atoms with Gasteiger partial charge in [-0.1, -0.05) is 11.6 Å². The number of aromatic nitrogens is 1. The van der Waals surface area contributed by atoms with Gasteiger partial charge in [-0.05, 0) is 0 Å². The number of rotatable bonds is 3. The minimum Gasteiger partial charge on any atom is -0.339 e. The van der Waals surface area contributed by atoms with Crippen molar-refractivity contribution in [2.24, 2.45) is 5.10 Å². The highest BCUT2D eigenvalue weighted by Gasteiger charge is 2.27. The summed E-state index contributed by atoms with van der Waals surface area (Å²) in [5.41, 5.74) is 0. The number of halogens is 1. The third-order valence-electron chi connectivity index (χ3n) is 2.37. The predicted octanol–water partition coefficient (Wildman–Crippen LogP) is 1.09. The fourth-order valence-electron chi connectivity index (χ4n) is 1.62. The van der Waals surface area contributed by atoms with Crippen LogP contribution in [0.25, 0.3) is 0 Å². The molecule has 0 spiro atoms. The number of nitro groups is 1. The molecule has 0 amide bonds. The first-order valence-electron chi connectivity index (χ1n) is 4.85. The summed E-state index contributed by atoms with van der Waals surface area (Å²) in [5.74, 6) is 0.375. The zero-order chi connectivity index (χ0) is 12.4. The van der Waals surface area contributed by atoms with Gasteiger partial charge in [-0.15, -0.1) is 11.3 Å². The summed E-state index contributed by atoms with van der Waals surface area (Å²) in [6.07, 6.45) is 1.68. The molecule has 0 radical (unpaired) electrons. The van der Waals surface area contributed by atoms with Gasteiger partial charge in [0.15, 0.2) is 9.50 Å². The Balaban J connectivity index is 2.12. The van der Waals surface area contributed by atoms with Gasteiger partial charge in [0, 0.05) is 31.2 Å². The third kappa shape index (κ3) is 2.83.